The molecule has 0 atom stereocenters. The Balaban J connectivity index is 0.00000240. The number of halogens is 2. The fourth-order valence-electron chi connectivity index (χ4n) is 3.34. The van der Waals surface area contributed by atoms with Crippen molar-refractivity contribution in [1.29, 1.82) is 0 Å². The number of rotatable bonds is 6. The zero-order valence-electron chi connectivity index (χ0n) is 15.8. The molecular weight excluding hydrogens is 413 g/mol. The van der Waals surface area contributed by atoms with Crippen LogP contribution in [-0.2, 0) is 19.5 Å². The van der Waals surface area contributed by atoms with Gasteiger partial charge in [0.25, 0.3) is 0 Å². The summed E-state index contributed by atoms with van der Waals surface area (Å²) >= 11 is 1.66. The highest BCUT2D eigenvalue weighted by atomic mass is 35.5. The first kappa shape index (κ1) is 21.3. The first-order chi connectivity index (χ1) is 13.7. The monoisotopic (exact) mass is 435 g/mol. The Morgan fingerprint density at radius 2 is 2.21 bits per heavy atom. The molecule has 0 spiro atoms. The van der Waals surface area contributed by atoms with Gasteiger partial charge in [0.15, 0.2) is 0 Å². The Bertz CT molecular complexity index is 1070. The number of nitrogens with one attached hydrogen (secondary N) is 1. The van der Waals surface area contributed by atoms with Crippen molar-refractivity contribution in [3.8, 4) is 10.4 Å². The van der Waals surface area contributed by atoms with Gasteiger partial charge in [-0.05, 0) is 53.8 Å². The largest absolute Gasteiger partial charge is 0.385 e. The molecule has 154 valence electrons. The highest BCUT2D eigenvalue weighted by molar-refractivity contribution is 7.15. The van der Waals surface area contributed by atoms with Gasteiger partial charge in [0.2, 0.25) is 0 Å². The maximum absolute atomic E-state index is 12.7. The van der Waals surface area contributed by atoms with Crippen LogP contribution in [0.2, 0.25) is 0 Å². The number of thiophene rings is 1. The number of nitrogens with two attached hydrogens (primary N) is 1. The van der Waals surface area contributed by atoms with E-state index in [1.165, 1.54) is 37.3 Å². The van der Waals surface area contributed by atoms with Crippen molar-refractivity contribution in [2.75, 3.05) is 18.4 Å². The quantitative estimate of drug-likeness (QED) is 0.622. The molecule has 9 heteroatoms. The summed E-state index contributed by atoms with van der Waals surface area (Å²) in [4.78, 5) is 14.7. The molecule has 2 aromatic heterocycles. The fourth-order valence-corrected chi connectivity index (χ4v) is 4.34. The Morgan fingerprint density at radius 1 is 1.34 bits per heavy atom. The predicted molar refractivity (Wildman–Crippen MR) is 118 cm³/mol. The number of benzene rings is 1. The van der Waals surface area contributed by atoms with Crippen molar-refractivity contribution in [1.82, 2.24) is 14.3 Å². The summed E-state index contributed by atoms with van der Waals surface area (Å²) in [5, 5.41) is 7.49. The van der Waals surface area contributed by atoms with Crippen LogP contribution in [0.15, 0.2) is 53.4 Å². The average Bonchev–Trinajstić information content (AvgIpc) is 3.33. The van der Waals surface area contributed by atoms with Crippen LogP contribution in [0, 0.1) is 0 Å². The SMILES string of the molecule is Cl.NC/C(=C\F)Cn1ncn(Cc2ccc(-c3ccc4c(c3)CCCN4)s2)c1=O. The lowest BCUT2D eigenvalue weighted by atomic mass is 10.0. The van der Waals surface area contributed by atoms with Gasteiger partial charge in [0.05, 0.1) is 19.4 Å². The molecule has 0 saturated heterocycles. The number of aromatic nitrogens is 3. The van der Waals surface area contributed by atoms with Crippen LogP contribution in [0.1, 0.15) is 16.9 Å². The van der Waals surface area contributed by atoms with Crippen molar-refractivity contribution >= 4 is 29.4 Å². The second-order valence-corrected chi connectivity index (χ2v) is 8.01. The minimum absolute atomic E-state index is 0. The van der Waals surface area contributed by atoms with Crippen LogP contribution in [0.4, 0.5) is 10.1 Å². The van der Waals surface area contributed by atoms with Gasteiger partial charge in [-0.1, -0.05) is 6.07 Å². The lowest BCUT2D eigenvalue weighted by Gasteiger charge is -2.18. The molecule has 0 radical (unpaired) electrons. The van der Waals surface area contributed by atoms with E-state index in [1.54, 1.807) is 11.3 Å². The van der Waals surface area contributed by atoms with Gasteiger partial charge in [-0.3, -0.25) is 4.57 Å². The van der Waals surface area contributed by atoms with Crippen LogP contribution in [0.5, 0.6) is 0 Å². The van der Waals surface area contributed by atoms with Crippen molar-refractivity contribution in [2.45, 2.75) is 25.9 Å². The molecule has 29 heavy (non-hydrogen) atoms. The summed E-state index contributed by atoms with van der Waals surface area (Å²) in [6, 6.07) is 10.7. The molecule has 3 heterocycles. The van der Waals surface area contributed by atoms with E-state index in [4.69, 9.17) is 5.73 Å². The minimum atomic E-state index is -0.275. The number of nitrogens with zero attached hydrogens (tertiary/aromatic N) is 3. The zero-order valence-corrected chi connectivity index (χ0v) is 17.4. The Hall–Kier alpha value is -2.42. The van der Waals surface area contributed by atoms with Gasteiger partial charge >= 0.3 is 5.69 Å². The third-order valence-corrected chi connectivity index (χ3v) is 6.00. The van der Waals surface area contributed by atoms with E-state index in [-0.39, 0.29) is 31.2 Å². The van der Waals surface area contributed by atoms with Gasteiger partial charge in [-0.2, -0.15) is 5.10 Å². The lowest BCUT2D eigenvalue weighted by molar-refractivity contribution is 0.604. The molecule has 0 unspecified atom stereocenters. The summed E-state index contributed by atoms with van der Waals surface area (Å²) in [6.07, 6.45) is 4.17. The maximum atomic E-state index is 12.7. The normalized spacial score (nSPS) is 13.5. The average molecular weight is 436 g/mol. The van der Waals surface area contributed by atoms with E-state index in [0.29, 0.717) is 18.4 Å². The summed E-state index contributed by atoms with van der Waals surface area (Å²) in [6.45, 7) is 1.59. The van der Waals surface area contributed by atoms with Crippen LogP contribution in [0.25, 0.3) is 10.4 Å². The lowest BCUT2D eigenvalue weighted by Crippen LogP contribution is -2.26. The first-order valence-electron chi connectivity index (χ1n) is 9.24. The summed E-state index contributed by atoms with van der Waals surface area (Å²) in [5.74, 6) is 0. The second-order valence-electron chi connectivity index (χ2n) is 6.84. The van der Waals surface area contributed by atoms with E-state index >= 15 is 0 Å². The number of hydrogen-bond acceptors (Lipinski definition) is 5. The van der Waals surface area contributed by atoms with Gasteiger partial charge in [0.1, 0.15) is 6.33 Å². The molecule has 6 nitrogen and oxygen atoms in total. The molecule has 0 saturated carbocycles. The molecule has 0 fully saturated rings. The molecule has 0 aliphatic carbocycles. The van der Waals surface area contributed by atoms with E-state index < -0.39 is 0 Å². The molecule has 1 aliphatic rings. The smallest absolute Gasteiger partial charge is 0.346 e. The third-order valence-electron chi connectivity index (χ3n) is 4.88. The Morgan fingerprint density at radius 3 is 3.00 bits per heavy atom. The number of anilines is 1. The standard InChI is InChI=1S/C20H22FN5OS.ClH/c21-9-14(10-22)11-26-20(27)25(13-24-26)12-17-4-6-19(28-17)16-3-5-18-15(8-16)2-1-7-23-18;/h3-6,8-9,13,23H,1-2,7,10-12,22H2;1H/b14-9+;. The molecule has 3 N–H and O–H groups in total. The van der Waals surface area contributed by atoms with Crippen LogP contribution in [0.3, 0.4) is 0 Å². The van der Waals surface area contributed by atoms with Crippen molar-refractivity contribution in [3.05, 3.63) is 69.5 Å². The van der Waals surface area contributed by atoms with Crippen molar-refractivity contribution in [2.24, 2.45) is 5.73 Å². The van der Waals surface area contributed by atoms with Crippen molar-refractivity contribution in [3.63, 3.8) is 0 Å². The maximum Gasteiger partial charge on any atom is 0.346 e. The summed E-state index contributed by atoms with van der Waals surface area (Å²) < 4.78 is 15.5. The van der Waals surface area contributed by atoms with E-state index in [1.807, 2.05) is 6.07 Å². The Labute approximate surface area is 178 Å². The van der Waals surface area contributed by atoms with Crippen LogP contribution in [-0.4, -0.2) is 27.4 Å². The van der Waals surface area contributed by atoms with Gasteiger partial charge < -0.3 is 11.1 Å². The molecule has 1 aromatic carbocycles. The molecule has 0 amide bonds. The number of hydrogen-bond donors (Lipinski definition) is 2. The first-order valence-corrected chi connectivity index (χ1v) is 10.1. The second kappa shape index (κ2) is 9.39. The Kier molecular flexibility index (Phi) is 6.89. The van der Waals surface area contributed by atoms with E-state index in [9.17, 15) is 9.18 Å². The minimum Gasteiger partial charge on any atom is -0.385 e. The highest BCUT2D eigenvalue weighted by Crippen LogP contribution is 2.32. The number of fused-ring (bicyclic) bond motifs is 1. The third kappa shape index (κ3) is 4.60. The highest BCUT2D eigenvalue weighted by Gasteiger charge is 2.12. The van der Waals surface area contributed by atoms with Gasteiger partial charge in [-0.25, -0.2) is 13.9 Å². The number of aryl methyl sites for hydroxylation is 1. The van der Waals surface area contributed by atoms with Crippen LogP contribution >= 0.6 is 23.7 Å². The van der Waals surface area contributed by atoms with E-state index in [0.717, 1.165) is 24.3 Å². The van der Waals surface area contributed by atoms with Crippen molar-refractivity contribution < 1.29 is 4.39 Å². The van der Waals surface area contributed by atoms with Crippen LogP contribution < -0.4 is 16.7 Å². The van der Waals surface area contributed by atoms with Gasteiger partial charge in [-0.15, -0.1) is 23.7 Å². The summed E-state index contributed by atoms with van der Waals surface area (Å²) in [7, 11) is 0. The molecular formula is C20H23ClFN5OS. The molecule has 3 aromatic rings. The topological polar surface area (TPSA) is 77.9 Å². The molecule has 0 bridgehead atoms. The fraction of sp³-hybridized carbons (Fsp3) is 0.300. The zero-order chi connectivity index (χ0) is 19.5. The molecule has 4 rings (SSSR count). The molecule has 1 aliphatic heterocycles. The predicted octanol–water partition coefficient (Wildman–Crippen LogP) is 3.41. The summed E-state index contributed by atoms with van der Waals surface area (Å²) in [5.41, 5.74) is 9.28. The van der Waals surface area contributed by atoms with E-state index in [2.05, 4.69) is 34.7 Å². The van der Waals surface area contributed by atoms with Gasteiger partial charge in [0, 0.05) is 28.5 Å².